The molecular formula is C18H26O4. The maximum absolute atomic E-state index is 11.9. The first-order valence-corrected chi connectivity index (χ1v) is 7.67. The van der Waals surface area contributed by atoms with Crippen LogP contribution in [0.1, 0.15) is 44.6 Å². The SMILES string of the molecule is CCCCCCC(=O)/C=C\c1cc(OC)c(OC)cc1OC. The molecule has 122 valence electrons. The lowest BCUT2D eigenvalue weighted by Crippen LogP contribution is -1.96. The fraction of sp³-hybridized carbons (Fsp3) is 0.500. The summed E-state index contributed by atoms with van der Waals surface area (Å²) < 4.78 is 15.8. The maximum Gasteiger partial charge on any atom is 0.164 e. The predicted molar refractivity (Wildman–Crippen MR) is 88.9 cm³/mol. The number of hydrogen-bond acceptors (Lipinski definition) is 4. The summed E-state index contributed by atoms with van der Waals surface area (Å²) in [6.45, 7) is 2.16. The second-order valence-electron chi connectivity index (χ2n) is 5.06. The smallest absolute Gasteiger partial charge is 0.164 e. The van der Waals surface area contributed by atoms with Gasteiger partial charge < -0.3 is 14.2 Å². The number of rotatable bonds is 10. The molecule has 22 heavy (non-hydrogen) atoms. The van der Waals surface area contributed by atoms with Gasteiger partial charge in [0.1, 0.15) is 5.75 Å². The average molecular weight is 306 g/mol. The molecule has 1 aromatic rings. The lowest BCUT2D eigenvalue weighted by Gasteiger charge is -2.12. The van der Waals surface area contributed by atoms with Crippen molar-refractivity contribution in [3.8, 4) is 17.2 Å². The zero-order valence-electron chi connectivity index (χ0n) is 14.0. The van der Waals surface area contributed by atoms with E-state index in [0.717, 1.165) is 18.4 Å². The standard InChI is InChI=1S/C18H26O4/c1-5-6-7-8-9-15(19)11-10-14-12-17(21-3)18(22-4)13-16(14)20-2/h10-13H,5-9H2,1-4H3/b11-10-. The number of unbranched alkanes of at least 4 members (excludes halogenated alkanes) is 3. The molecule has 0 spiro atoms. The molecule has 0 heterocycles. The third-order valence-corrected chi connectivity index (χ3v) is 3.46. The van der Waals surface area contributed by atoms with Crippen LogP contribution in [0.15, 0.2) is 18.2 Å². The van der Waals surface area contributed by atoms with E-state index in [4.69, 9.17) is 14.2 Å². The van der Waals surface area contributed by atoms with Gasteiger partial charge in [0.05, 0.1) is 21.3 Å². The largest absolute Gasteiger partial charge is 0.496 e. The van der Waals surface area contributed by atoms with Crippen molar-refractivity contribution in [2.24, 2.45) is 0 Å². The summed E-state index contributed by atoms with van der Waals surface area (Å²) in [6.07, 6.45) is 8.37. The van der Waals surface area contributed by atoms with E-state index in [0.29, 0.717) is 23.7 Å². The first-order chi connectivity index (χ1) is 10.7. The van der Waals surface area contributed by atoms with Gasteiger partial charge in [0.2, 0.25) is 0 Å². The van der Waals surface area contributed by atoms with E-state index in [1.165, 1.54) is 12.8 Å². The highest BCUT2D eigenvalue weighted by Gasteiger charge is 2.10. The second-order valence-corrected chi connectivity index (χ2v) is 5.06. The van der Waals surface area contributed by atoms with Crippen molar-refractivity contribution in [2.45, 2.75) is 39.0 Å². The first kappa shape index (κ1) is 18.1. The minimum atomic E-state index is 0.132. The molecule has 1 rings (SSSR count). The topological polar surface area (TPSA) is 44.8 Å². The fourth-order valence-electron chi connectivity index (χ4n) is 2.18. The van der Waals surface area contributed by atoms with E-state index in [1.807, 2.05) is 0 Å². The molecule has 0 saturated carbocycles. The Hall–Kier alpha value is -1.97. The van der Waals surface area contributed by atoms with E-state index >= 15 is 0 Å². The van der Waals surface area contributed by atoms with Gasteiger partial charge in [-0.2, -0.15) is 0 Å². The van der Waals surface area contributed by atoms with Crippen LogP contribution in [-0.2, 0) is 4.79 Å². The first-order valence-electron chi connectivity index (χ1n) is 7.67. The molecule has 0 aliphatic rings. The van der Waals surface area contributed by atoms with Crippen LogP contribution in [0, 0.1) is 0 Å². The van der Waals surface area contributed by atoms with Gasteiger partial charge in [0.15, 0.2) is 17.3 Å². The van der Waals surface area contributed by atoms with Crippen LogP contribution in [0.25, 0.3) is 6.08 Å². The molecule has 1 aromatic carbocycles. The van der Waals surface area contributed by atoms with Crippen molar-refractivity contribution in [1.82, 2.24) is 0 Å². The highest BCUT2D eigenvalue weighted by atomic mass is 16.5. The summed E-state index contributed by atoms with van der Waals surface area (Å²) in [5.41, 5.74) is 0.794. The van der Waals surface area contributed by atoms with Gasteiger partial charge >= 0.3 is 0 Å². The fourth-order valence-corrected chi connectivity index (χ4v) is 2.18. The predicted octanol–water partition coefficient (Wildman–Crippen LogP) is 4.27. The minimum absolute atomic E-state index is 0.132. The van der Waals surface area contributed by atoms with Crippen molar-refractivity contribution < 1.29 is 19.0 Å². The van der Waals surface area contributed by atoms with E-state index in [1.54, 1.807) is 45.6 Å². The number of allylic oxidation sites excluding steroid dienone is 1. The van der Waals surface area contributed by atoms with Crippen LogP contribution in [-0.4, -0.2) is 27.1 Å². The van der Waals surface area contributed by atoms with Crippen LogP contribution in [0.4, 0.5) is 0 Å². The van der Waals surface area contributed by atoms with Crippen LogP contribution in [0.2, 0.25) is 0 Å². The summed E-state index contributed by atoms with van der Waals surface area (Å²) in [5.74, 6) is 1.99. The Morgan fingerprint density at radius 3 is 2.18 bits per heavy atom. The number of carbonyl (C=O) groups is 1. The highest BCUT2D eigenvalue weighted by molar-refractivity contribution is 5.94. The van der Waals surface area contributed by atoms with Gasteiger partial charge in [0, 0.05) is 18.1 Å². The number of benzene rings is 1. The molecule has 0 fully saturated rings. The number of ketones is 1. The molecule has 0 radical (unpaired) electrons. The number of hydrogen-bond donors (Lipinski definition) is 0. The maximum atomic E-state index is 11.9. The molecule has 0 atom stereocenters. The highest BCUT2D eigenvalue weighted by Crippen LogP contribution is 2.35. The summed E-state index contributed by atoms with van der Waals surface area (Å²) >= 11 is 0. The molecule has 0 aliphatic carbocycles. The quantitative estimate of drug-likeness (QED) is 0.478. The van der Waals surface area contributed by atoms with Crippen LogP contribution in [0.3, 0.4) is 0 Å². The Kier molecular flexibility index (Phi) is 8.11. The normalized spacial score (nSPS) is 10.7. The minimum Gasteiger partial charge on any atom is -0.496 e. The summed E-state index contributed by atoms with van der Waals surface area (Å²) in [6, 6.07) is 3.56. The van der Waals surface area contributed by atoms with Gasteiger partial charge in [-0.1, -0.05) is 26.2 Å². The van der Waals surface area contributed by atoms with E-state index < -0.39 is 0 Å². The average Bonchev–Trinajstić information content (AvgIpc) is 2.55. The Morgan fingerprint density at radius 2 is 1.59 bits per heavy atom. The van der Waals surface area contributed by atoms with Gasteiger partial charge in [-0.15, -0.1) is 0 Å². The van der Waals surface area contributed by atoms with Crippen molar-refractivity contribution in [1.29, 1.82) is 0 Å². The zero-order chi connectivity index (χ0) is 16.4. The van der Waals surface area contributed by atoms with Crippen molar-refractivity contribution >= 4 is 11.9 Å². The summed E-state index contributed by atoms with van der Waals surface area (Å²) in [5, 5.41) is 0. The molecule has 0 saturated heterocycles. The van der Waals surface area contributed by atoms with Crippen LogP contribution >= 0.6 is 0 Å². The summed E-state index contributed by atoms with van der Waals surface area (Å²) in [4.78, 5) is 11.9. The number of carbonyl (C=O) groups excluding carboxylic acids is 1. The lowest BCUT2D eigenvalue weighted by molar-refractivity contribution is -0.114. The lowest BCUT2D eigenvalue weighted by atomic mass is 10.1. The molecule has 0 aromatic heterocycles. The number of ether oxygens (including phenoxy) is 3. The van der Waals surface area contributed by atoms with Crippen molar-refractivity contribution in [3.05, 3.63) is 23.8 Å². The van der Waals surface area contributed by atoms with E-state index in [-0.39, 0.29) is 5.78 Å². The molecule has 4 nitrogen and oxygen atoms in total. The Balaban J connectivity index is 2.78. The zero-order valence-corrected chi connectivity index (χ0v) is 14.0. The third kappa shape index (κ3) is 5.43. The van der Waals surface area contributed by atoms with Crippen LogP contribution < -0.4 is 14.2 Å². The van der Waals surface area contributed by atoms with E-state index in [2.05, 4.69) is 6.92 Å². The van der Waals surface area contributed by atoms with Gasteiger partial charge in [-0.25, -0.2) is 0 Å². The molecule has 4 heteroatoms. The number of methoxy groups -OCH3 is 3. The van der Waals surface area contributed by atoms with Gasteiger partial charge in [-0.05, 0) is 24.6 Å². The molecule has 0 amide bonds. The van der Waals surface area contributed by atoms with Crippen LogP contribution in [0.5, 0.6) is 17.2 Å². The van der Waals surface area contributed by atoms with Crippen molar-refractivity contribution in [3.63, 3.8) is 0 Å². The molecule has 0 bridgehead atoms. The Bertz CT molecular complexity index is 506. The third-order valence-electron chi connectivity index (χ3n) is 3.46. The monoisotopic (exact) mass is 306 g/mol. The Morgan fingerprint density at radius 1 is 0.955 bits per heavy atom. The van der Waals surface area contributed by atoms with Gasteiger partial charge in [-0.3, -0.25) is 4.79 Å². The molecule has 0 unspecified atom stereocenters. The molecule has 0 aliphatic heterocycles. The van der Waals surface area contributed by atoms with Gasteiger partial charge in [0.25, 0.3) is 0 Å². The van der Waals surface area contributed by atoms with Crippen molar-refractivity contribution in [2.75, 3.05) is 21.3 Å². The second kappa shape index (κ2) is 9.87. The molecular weight excluding hydrogens is 280 g/mol. The Labute approximate surface area is 133 Å². The summed E-state index contributed by atoms with van der Waals surface area (Å²) in [7, 11) is 4.74. The van der Waals surface area contributed by atoms with E-state index in [9.17, 15) is 4.79 Å². The molecule has 0 N–H and O–H groups in total.